The van der Waals surface area contributed by atoms with Crippen LogP contribution < -0.4 is 11.3 Å². The lowest BCUT2D eigenvalue weighted by Gasteiger charge is -2.08. The summed E-state index contributed by atoms with van der Waals surface area (Å²) in [5, 5.41) is 4.58. The molecule has 0 aliphatic rings. The lowest BCUT2D eigenvalue weighted by molar-refractivity contribution is 0.681. The van der Waals surface area contributed by atoms with E-state index in [-0.39, 0.29) is 11.6 Å². The Balaban J connectivity index is 2.25. The molecule has 0 unspecified atom stereocenters. The highest BCUT2D eigenvalue weighted by molar-refractivity contribution is 5.77. The van der Waals surface area contributed by atoms with Gasteiger partial charge in [0.05, 0.1) is 29.5 Å². The van der Waals surface area contributed by atoms with Crippen molar-refractivity contribution in [1.82, 2.24) is 29.3 Å². The highest BCUT2D eigenvalue weighted by atomic mass is 16.1. The Morgan fingerprint density at radius 2 is 2.10 bits per heavy atom. The Labute approximate surface area is 113 Å². The zero-order chi connectivity index (χ0) is 14.3. The van der Waals surface area contributed by atoms with E-state index in [9.17, 15) is 4.79 Å². The minimum absolute atomic E-state index is 0.138. The van der Waals surface area contributed by atoms with Gasteiger partial charge in [-0.05, 0) is 13.0 Å². The minimum Gasteiger partial charge on any atom is -0.322 e. The molecule has 0 spiro atoms. The predicted molar refractivity (Wildman–Crippen MR) is 72.3 cm³/mol. The number of rotatable bonds is 2. The Kier molecular flexibility index (Phi) is 2.79. The van der Waals surface area contributed by atoms with Crippen molar-refractivity contribution < 1.29 is 0 Å². The largest absolute Gasteiger partial charge is 0.322 e. The maximum absolute atomic E-state index is 12.1. The Morgan fingerprint density at radius 3 is 2.85 bits per heavy atom. The van der Waals surface area contributed by atoms with Gasteiger partial charge in [0.2, 0.25) is 0 Å². The maximum Gasteiger partial charge on any atom is 0.261 e. The second-order valence-corrected chi connectivity index (χ2v) is 4.54. The quantitative estimate of drug-likeness (QED) is 0.699. The summed E-state index contributed by atoms with van der Waals surface area (Å²) in [7, 11) is 1.65. The third kappa shape index (κ3) is 1.86. The normalized spacial score (nSPS) is 12.8. The molecule has 0 aliphatic heterocycles. The number of hydrogen-bond donors (Lipinski definition) is 1. The molecule has 0 saturated carbocycles. The number of fused-ring (bicyclic) bond motifs is 1. The molecule has 0 amide bonds. The predicted octanol–water partition coefficient (Wildman–Crippen LogP) is -0.0711. The number of hydrogen-bond acceptors (Lipinski definition) is 6. The molecule has 0 radical (unpaired) electrons. The first-order chi connectivity index (χ1) is 9.58. The summed E-state index contributed by atoms with van der Waals surface area (Å²) in [5.41, 5.74) is 6.24. The van der Waals surface area contributed by atoms with Crippen molar-refractivity contribution >= 4 is 10.9 Å². The van der Waals surface area contributed by atoms with Gasteiger partial charge < -0.3 is 10.3 Å². The van der Waals surface area contributed by atoms with Crippen molar-refractivity contribution in [3.8, 4) is 5.82 Å². The van der Waals surface area contributed by atoms with Crippen molar-refractivity contribution in [1.29, 1.82) is 0 Å². The molecule has 3 rings (SSSR count). The van der Waals surface area contributed by atoms with Gasteiger partial charge in [0.15, 0.2) is 11.6 Å². The van der Waals surface area contributed by atoms with Gasteiger partial charge in [-0.15, -0.1) is 0 Å². The number of aromatic nitrogens is 6. The topological polar surface area (TPSA) is 105 Å². The Bertz CT molecular complexity index is 833. The van der Waals surface area contributed by atoms with Crippen molar-refractivity contribution in [2.24, 2.45) is 12.8 Å². The van der Waals surface area contributed by atoms with E-state index in [1.807, 2.05) is 6.92 Å². The minimum atomic E-state index is -0.285. The zero-order valence-corrected chi connectivity index (χ0v) is 11.1. The van der Waals surface area contributed by atoms with Gasteiger partial charge in [-0.1, -0.05) is 0 Å². The SMILES string of the molecule is C[C@H](N)c1ncnn1-c1cc2c(=O)n(C)cnc2cn1. The van der Waals surface area contributed by atoms with Gasteiger partial charge in [0, 0.05) is 7.05 Å². The van der Waals surface area contributed by atoms with Crippen molar-refractivity contribution in [3.05, 3.63) is 41.1 Å². The van der Waals surface area contributed by atoms with Crippen LogP contribution in [0.3, 0.4) is 0 Å². The molecule has 0 bridgehead atoms. The van der Waals surface area contributed by atoms with E-state index < -0.39 is 0 Å². The van der Waals surface area contributed by atoms with Gasteiger partial charge >= 0.3 is 0 Å². The second-order valence-electron chi connectivity index (χ2n) is 4.54. The standard InChI is InChI=1S/C12H13N7O/c1-7(13)11-15-5-17-19(11)10-3-8-9(4-14-10)16-6-18(2)12(8)20/h3-7H,13H2,1-2H3/t7-/m0/s1. The fourth-order valence-electron chi connectivity index (χ4n) is 1.96. The molecule has 102 valence electrons. The fraction of sp³-hybridized carbons (Fsp3) is 0.250. The summed E-state index contributed by atoms with van der Waals surface area (Å²) in [6, 6.07) is 1.36. The molecule has 0 aliphatic carbocycles. The molecular formula is C12H13N7O. The molecule has 20 heavy (non-hydrogen) atoms. The Morgan fingerprint density at radius 1 is 1.30 bits per heavy atom. The van der Waals surface area contributed by atoms with Crippen LogP contribution >= 0.6 is 0 Å². The van der Waals surface area contributed by atoms with Crippen molar-refractivity contribution in [3.63, 3.8) is 0 Å². The number of nitrogens with zero attached hydrogens (tertiary/aromatic N) is 6. The molecule has 0 aromatic carbocycles. The number of pyridine rings is 1. The van der Waals surface area contributed by atoms with E-state index in [1.54, 1.807) is 19.3 Å². The first-order valence-electron chi connectivity index (χ1n) is 6.05. The van der Waals surface area contributed by atoms with Crippen molar-refractivity contribution in [2.45, 2.75) is 13.0 Å². The smallest absolute Gasteiger partial charge is 0.261 e. The second kappa shape index (κ2) is 4.49. The van der Waals surface area contributed by atoms with E-state index in [4.69, 9.17) is 5.73 Å². The van der Waals surface area contributed by atoms with Gasteiger partial charge in [0.25, 0.3) is 5.56 Å². The molecule has 0 fully saturated rings. The number of nitrogens with two attached hydrogens (primary N) is 1. The molecular weight excluding hydrogens is 258 g/mol. The first-order valence-corrected chi connectivity index (χ1v) is 6.05. The molecule has 3 aromatic rings. The molecule has 1 atom stereocenters. The molecule has 8 nitrogen and oxygen atoms in total. The summed E-state index contributed by atoms with van der Waals surface area (Å²) < 4.78 is 2.94. The maximum atomic E-state index is 12.1. The zero-order valence-electron chi connectivity index (χ0n) is 11.1. The van der Waals surface area contributed by atoms with Crippen LogP contribution in [0.2, 0.25) is 0 Å². The average Bonchev–Trinajstić information content (AvgIpc) is 2.92. The van der Waals surface area contributed by atoms with E-state index in [2.05, 4.69) is 20.1 Å². The summed E-state index contributed by atoms with van der Waals surface area (Å²) in [4.78, 5) is 24.6. The molecule has 3 aromatic heterocycles. The average molecular weight is 271 g/mol. The van der Waals surface area contributed by atoms with Gasteiger partial charge in [-0.2, -0.15) is 9.78 Å². The summed E-state index contributed by atoms with van der Waals surface area (Å²) in [5.74, 6) is 1.07. The van der Waals surface area contributed by atoms with Crippen LogP contribution in [0.25, 0.3) is 16.7 Å². The lowest BCUT2D eigenvalue weighted by Crippen LogP contribution is -2.18. The van der Waals surface area contributed by atoms with Crippen LogP contribution in [-0.4, -0.2) is 29.3 Å². The van der Waals surface area contributed by atoms with E-state index in [1.165, 1.54) is 21.9 Å². The molecule has 2 N–H and O–H groups in total. The van der Waals surface area contributed by atoms with Crippen LogP contribution in [0.4, 0.5) is 0 Å². The number of aryl methyl sites for hydroxylation is 1. The first kappa shape index (κ1) is 12.4. The van der Waals surface area contributed by atoms with Crippen molar-refractivity contribution in [2.75, 3.05) is 0 Å². The van der Waals surface area contributed by atoms with E-state index in [0.717, 1.165) is 0 Å². The highest BCUT2D eigenvalue weighted by Crippen LogP contribution is 2.14. The van der Waals surface area contributed by atoms with Crippen LogP contribution in [0.5, 0.6) is 0 Å². The third-order valence-corrected chi connectivity index (χ3v) is 2.99. The highest BCUT2D eigenvalue weighted by Gasteiger charge is 2.13. The summed E-state index contributed by atoms with van der Waals surface area (Å²) in [6.45, 7) is 1.81. The fourth-order valence-corrected chi connectivity index (χ4v) is 1.96. The van der Waals surface area contributed by atoms with E-state index >= 15 is 0 Å². The Hall–Kier alpha value is -2.61. The monoisotopic (exact) mass is 271 g/mol. The van der Waals surface area contributed by atoms with Gasteiger partial charge in [0.1, 0.15) is 6.33 Å². The summed E-state index contributed by atoms with van der Waals surface area (Å²) >= 11 is 0. The molecule has 3 heterocycles. The summed E-state index contributed by atoms with van der Waals surface area (Å²) in [6.07, 6.45) is 4.42. The van der Waals surface area contributed by atoms with Gasteiger partial charge in [-0.3, -0.25) is 4.79 Å². The van der Waals surface area contributed by atoms with Crippen LogP contribution in [0.15, 0.2) is 29.7 Å². The lowest BCUT2D eigenvalue weighted by atomic mass is 10.3. The third-order valence-electron chi connectivity index (χ3n) is 2.99. The van der Waals surface area contributed by atoms with Crippen LogP contribution in [0.1, 0.15) is 18.8 Å². The molecule has 0 saturated heterocycles. The van der Waals surface area contributed by atoms with E-state index in [0.29, 0.717) is 22.5 Å². The molecule has 8 heteroatoms. The van der Waals surface area contributed by atoms with Crippen LogP contribution in [-0.2, 0) is 7.05 Å². The van der Waals surface area contributed by atoms with Gasteiger partial charge in [-0.25, -0.2) is 15.0 Å². The van der Waals surface area contributed by atoms with Crippen LogP contribution in [0, 0.1) is 0 Å².